The first-order valence-corrected chi connectivity index (χ1v) is 8.54. The number of nitrogens with zero attached hydrogens (tertiary/aromatic N) is 2. The molecule has 0 atom stereocenters. The third kappa shape index (κ3) is 6.37. The fourth-order valence-electron chi connectivity index (χ4n) is 1.45. The molecule has 0 aliphatic carbocycles. The van der Waals surface area contributed by atoms with Gasteiger partial charge >= 0.3 is 0 Å². The first kappa shape index (κ1) is 15.7. The van der Waals surface area contributed by atoms with Gasteiger partial charge in [-0.15, -0.1) is 0 Å². The molecule has 0 aromatic carbocycles. The van der Waals surface area contributed by atoms with Crippen molar-refractivity contribution in [3.05, 3.63) is 11.9 Å². The molecular formula is C12H22N4O2S. The molecule has 1 aromatic heterocycles. The van der Waals surface area contributed by atoms with Gasteiger partial charge in [0.2, 0.25) is 0 Å². The largest absolute Gasteiger partial charge is 0.370 e. The molecule has 0 saturated heterocycles. The summed E-state index contributed by atoms with van der Waals surface area (Å²) >= 11 is 0. The summed E-state index contributed by atoms with van der Waals surface area (Å²) in [6.07, 6.45) is 2.98. The van der Waals surface area contributed by atoms with Gasteiger partial charge in [0.05, 0.1) is 5.75 Å². The summed E-state index contributed by atoms with van der Waals surface area (Å²) < 4.78 is 22.1. The average molecular weight is 286 g/mol. The molecule has 0 aliphatic rings. The Kier molecular flexibility index (Phi) is 6.01. The molecule has 2 N–H and O–H groups in total. The van der Waals surface area contributed by atoms with Crippen molar-refractivity contribution in [2.45, 2.75) is 26.7 Å². The molecule has 0 fully saturated rings. The van der Waals surface area contributed by atoms with Crippen LogP contribution in [0.15, 0.2) is 6.07 Å². The lowest BCUT2D eigenvalue weighted by molar-refractivity contribution is 0.602. The number of hydrogen-bond donors (Lipinski definition) is 2. The molecule has 0 unspecified atom stereocenters. The monoisotopic (exact) mass is 286 g/mol. The number of sulfone groups is 1. The molecule has 1 heterocycles. The normalized spacial score (nSPS) is 11.3. The van der Waals surface area contributed by atoms with Crippen molar-refractivity contribution in [2.75, 3.05) is 35.7 Å². The summed E-state index contributed by atoms with van der Waals surface area (Å²) in [5.74, 6) is 2.27. The topological polar surface area (TPSA) is 84.0 Å². The molecular weight excluding hydrogens is 264 g/mol. The number of rotatable bonds is 8. The molecule has 108 valence electrons. The van der Waals surface area contributed by atoms with Gasteiger partial charge in [0.15, 0.2) is 0 Å². The number of aryl methyl sites for hydroxylation is 1. The summed E-state index contributed by atoms with van der Waals surface area (Å²) in [7, 11) is -2.96. The molecule has 1 aromatic rings. The van der Waals surface area contributed by atoms with E-state index in [2.05, 4.69) is 27.5 Å². The van der Waals surface area contributed by atoms with Crippen molar-refractivity contribution in [2.24, 2.45) is 0 Å². The van der Waals surface area contributed by atoms with Crippen molar-refractivity contribution in [3.8, 4) is 0 Å². The Labute approximate surface area is 115 Å². The van der Waals surface area contributed by atoms with E-state index in [1.54, 1.807) is 6.07 Å². The van der Waals surface area contributed by atoms with E-state index in [0.717, 1.165) is 31.0 Å². The van der Waals surface area contributed by atoms with Crippen LogP contribution in [0.2, 0.25) is 0 Å². The number of aromatic nitrogens is 2. The predicted octanol–water partition coefficient (Wildman–Crippen LogP) is 1.32. The predicted molar refractivity (Wildman–Crippen MR) is 78.4 cm³/mol. The molecule has 6 nitrogen and oxygen atoms in total. The fraction of sp³-hybridized carbons (Fsp3) is 0.667. The second-order valence-electron chi connectivity index (χ2n) is 4.39. The first-order chi connectivity index (χ1) is 8.94. The van der Waals surface area contributed by atoms with Gasteiger partial charge in [-0.05, 0) is 6.42 Å². The number of hydrogen-bond acceptors (Lipinski definition) is 6. The average Bonchev–Trinajstić information content (AvgIpc) is 2.34. The quantitative estimate of drug-likeness (QED) is 0.750. The van der Waals surface area contributed by atoms with Crippen LogP contribution in [0.4, 0.5) is 11.6 Å². The van der Waals surface area contributed by atoms with E-state index >= 15 is 0 Å². The molecule has 0 bridgehead atoms. The minimum Gasteiger partial charge on any atom is -0.370 e. The standard InChI is InChI=1S/C12H22N4O2S/c1-4-6-13-11-9-12(16-10(5-2)15-11)14-7-8-19(3,17)18/h9H,4-8H2,1-3H3,(H2,13,14,15,16). The van der Waals surface area contributed by atoms with Crippen LogP contribution in [0, 0.1) is 0 Å². The van der Waals surface area contributed by atoms with Gasteiger partial charge in [0.1, 0.15) is 27.3 Å². The third-order valence-corrected chi connectivity index (χ3v) is 3.37. The summed E-state index contributed by atoms with van der Waals surface area (Å²) in [6, 6.07) is 1.80. The lowest BCUT2D eigenvalue weighted by atomic mass is 10.4. The Morgan fingerprint density at radius 1 is 1.11 bits per heavy atom. The van der Waals surface area contributed by atoms with Crippen molar-refractivity contribution in [3.63, 3.8) is 0 Å². The van der Waals surface area contributed by atoms with Crippen molar-refractivity contribution in [1.29, 1.82) is 0 Å². The highest BCUT2D eigenvalue weighted by Gasteiger charge is 2.05. The van der Waals surface area contributed by atoms with Crippen LogP contribution in [0.5, 0.6) is 0 Å². The van der Waals surface area contributed by atoms with Crippen LogP contribution in [-0.2, 0) is 16.3 Å². The van der Waals surface area contributed by atoms with Crippen LogP contribution in [0.25, 0.3) is 0 Å². The zero-order valence-electron chi connectivity index (χ0n) is 11.7. The van der Waals surface area contributed by atoms with Crippen molar-refractivity contribution >= 4 is 21.5 Å². The van der Waals surface area contributed by atoms with E-state index < -0.39 is 9.84 Å². The van der Waals surface area contributed by atoms with Crippen LogP contribution in [0.1, 0.15) is 26.1 Å². The lowest BCUT2D eigenvalue weighted by Gasteiger charge is -2.10. The highest BCUT2D eigenvalue weighted by molar-refractivity contribution is 7.90. The van der Waals surface area contributed by atoms with Crippen molar-refractivity contribution in [1.82, 2.24) is 9.97 Å². The van der Waals surface area contributed by atoms with Gasteiger partial charge in [-0.2, -0.15) is 0 Å². The van der Waals surface area contributed by atoms with E-state index in [4.69, 9.17) is 0 Å². The molecule has 1 rings (SSSR count). The first-order valence-electron chi connectivity index (χ1n) is 6.48. The summed E-state index contributed by atoms with van der Waals surface area (Å²) in [4.78, 5) is 8.69. The molecule has 0 aliphatic heterocycles. The molecule has 0 amide bonds. The summed E-state index contributed by atoms with van der Waals surface area (Å²) in [5, 5.41) is 6.23. The smallest absolute Gasteiger partial charge is 0.149 e. The Morgan fingerprint density at radius 3 is 2.16 bits per heavy atom. The minimum absolute atomic E-state index is 0.0934. The van der Waals surface area contributed by atoms with E-state index in [9.17, 15) is 8.42 Å². The van der Waals surface area contributed by atoms with Gasteiger partial charge < -0.3 is 10.6 Å². The minimum atomic E-state index is -2.96. The van der Waals surface area contributed by atoms with Gasteiger partial charge in [-0.3, -0.25) is 0 Å². The molecule has 0 saturated carbocycles. The van der Waals surface area contributed by atoms with Gasteiger partial charge in [0.25, 0.3) is 0 Å². The van der Waals surface area contributed by atoms with E-state index in [-0.39, 0.29) is 5.75 Å². The Bertz CT molecular complexity index is 502. The van der Waals surface area contributed by atoms with Crippen LogP contribution in [-0.4, -0.2) is 43.5 Å². The van der Waals surface area contributed by atoms with Gasteiger partial charge in [-0.1, -0.05) is 13.8 Å². The van der Waals surface area contributed by atoms with E-state index in [0.29, 0.717) is 12.4 Å². The van der Waals surface area contributed by atoms with Gasteiger partial charge in [-0.25, -0.2) is 18.4 Å². The second kappa shape index (κ2) is 7.28. The van der Waals surface area contributed by atoms with Crippen molar-refractivity contribution < 1.29 is 8.42 Å². The van der Waals surface area contributed by atoms with Crippen LogP contribution < -0.4 is 10.6 Å². The highest BCUT2D eigenvalue weighted by atomic mass is 32.2. The highest BCUT2D eigenvalue weighted by Crippen LogP contribution is 2.11. The SMILES string of the molecule is CCCNc1cc(NCCS(C)(=O)=O)nc(CC)n1. The van der Waals surface area contributed by atoms with Gasteiger partial charge in [0, 0.05) is 31.8 Å². The van der Waals surface area contributed by atoms with E-state index in [1.165, 1.54) is 6.26 Å². The van der Waals surface area contributed by atoms with Crippen LogP contribution in [0.3, 0.4) is 0 Å². The Hall–Kier alpha value is -1.37. The van der Waals surface area contributed by atoms with Crippen LogP contribution >= 0.6 is 0 Å². The maximum atomic E-state index is 11.1. The Morgan fingerprint density at radius 2 is 1.68 bits per heavy atom. The zero-order chi connectivity index (χ0) is 14.3. The maximum Gasteiger partial charge on any atom is 0.149 e. The molecule has 19 heavy (non-hydrogen) atoms. The summed E-state index contributed by atoms with van der Waals surface area (Å²) in [6.45, 7) is 5.27. The lowest BCUT2D eigenvalue weighted by Crippen LogP contribution is -2.16. The number of anilines is 2. The third-order valence-electron chi connectivity index (χ3n) is 2.42. The molecule has 7 heteroatoms. The molecule has 0 spiro atoms. The summed E-state index contributed by atoms with van der Waals surface area (Å²) in [5.41, 5.74) is 0. The zero-order valence-corrected chi connectivity index (χ0v) is 12.5. The second-order valence-corrected chi connectivity index (χ2v) is 6.65. The fourth-order valence-corrected chi connectivity index (χ4v) is 1.93. The maximum absolute atomic E-state index is 11.1. The number of nitrogens with one attached hydrogen (secondary N) is 2. The van der Waals surface area contributed by atoms with E-state index in [1.807, 2.05) is 6.92 Å². The molecule has 0 radical (unpaired) electrons. The Balaban J connectivity index is 2.70.